The molecule has 1 aliphatic heterocycles. The number of benzene rings is 1. The molecule has 1 saturated heterocycles. The molecule has 0 saturated carbocycles. The van der Waals surface area contributed by atoms with E-state index in [0.717, 1.165) is 38.5 Å². The van der Waals surface area contributed by atoms with Crippen molar-refractivity contribution >= 4 is 6.03 Å². The van der Waals surface area contributed by atoms with Crippen LogP contribution in [0.15, 0.2) is 24.3 Å². The molecule has 1 aromatic rings. The Morgan fingerprint density at radius 2 is 2.39 bits per heavy atom. The number of nitrogens with zero attached hydrogens (tertiary/aromatic N) is 1. The SMILES string of the molecule is COc1cccc(CNCCN2CCNC2=O)c1. The largest absolute Gasteiger partial charge is 0.497 e. The smallest absolute Gasteiger partial charge is 0.317 e. The van der Waals surface area contributed by atoms with Gasteiger partial charge in [-0.25, -0.2) is 4.79 Å². The molecule has 1 fully saturated rings. The minimum Gasteiger partial charge on any atom is -0.497 e. The summed E-state index contributed by atoms with van der Waals surface area (Å²) in [5.74, 6) is 0.869. The number of methoxy groups -OCH3 is 1. The van der Waals surface area contributed by atoms with Crippen LogP contribution in [0.4, 0.5) is 4.79 Å². The van der Waals surface area contributed by atoms with E-state index in [2.05, 4.69) is 16.7 Å². The van der Waals surface area contributed by atoms with Gasteiger partial charge >= 0.3 is 6.03 Å². The highest BCUT2D eigenvalue weighted by atomic mass is 16.5. The van der Waals surface area contributed by atoms with Crippen LogP contribution >= 0.6 is 0 Å². The Morgan fingerprint density at radius 1 is 1.50 bits per heavy atom. The van der Waals surface area contributed by atoms with Crippen molar-refractivity contribution in [3.63, 3.8) is 0 Å². The standard InChI is InChI=1S/C13H19N3O2/c1-18-12-4-2-3-11(9-12)10-14-5-7-16-8-6-15-13(16)17/h2-4,9,14H,5-8,10H2,1H3,(H,15,17). The van der Waals surface area contributed by atoms with Crippen LogP contribution in [0.3, 0.4) is 0 Å². The van der Waals surface area contributed by atoms with E-state index >= 15 is 0 Å². The lowest BCUT2D eigenvalue weighted by Crippen LogP contribution is -2.34. The monoisotopic (exact) mass is 249 g/mol. The summed E-state index contributed by atoms with van der Waals surface area (Å²) >= 11 is 0. The summed E-state index contributed by atoms with van der Waals surface area (Å²) in [6.45, 7) is 3.89. The molecule has 1 heterocycles. The van der Waals surface area contributed by atoms with E-state index in [1.165, 1.54) is 5.56 Å². The first kappa shape index (κ1) is 12.7. The van der Waals surface area contributed by atoms with Crippen molar-refractivity contribution in [2.24, 2.45) is 0 Å². The summed E-state index contributed by atoms with van der Waals surface area (Å²) in [4.78, 5) is 13.1. The minimum absolute atomic E-state index is 0.0400. The third-order valence-electron chi connectivity index (χ3n) is 2.97. The first-order valence-electron chi connectivity index (χ1n) is 6.16. The van der Waals surface area contributed by atoms with Crippen LogP contribution in [0.25, 0.3) is 0 Å². The lowest BCUT2D eigenvalue weighted by molar-refractivity contribution is 0.217. The number of carbonyl (C=O) groups excluding carboxylic acids is 1. The van der Waals surface area contributed by atoms with E-state index in [1.807, 2.05) is 23.1 Å². The molecule has 1 aromatic carbocycles. The maximum absolute atomic E-state index is 11.3. The Kier molecular flexibility index (Phi) is 4.41. The summed E-state index contributed by atoms with van der Waals surface area (Å²) in [5, 5.41) is 6.11. The number of nitrogens with one attached hydrogen (secondary N) is 2. The Balaban J connectivity index is 1.70. The number of carbonyl (C=O) groups is 1. The maximum Gasteiger partial charge on any atom is 0.317 e. The third-order valence-corrected chi connectivity index (χ3v) is 2.97. The maximum atomic E-state index is 11.3. The molecule has 0 bridgehead atoms. The molecule has 0 aliphatic carbocycles. The molecule has 1 aliphatic rings. The van der Waals surface area contributed by atoms with Gasteiger partial charge in [0.05, 0.1) is 7.11 Å². The number of amides is 2. The zero-order valence-corrected chi connectivity index (χ0v) is 10.6. The minimum atomic E-state index is 0.0400. The van der Waals surface area contributed by atoms with Crippen LogP contribution < -0.4 is 15.4 Å². The van der Waals surface area contributed by atoms with Crippen molar-refractivity contribution in [2.45, 2.75) is 6.54 Å². The van der Waals surface area contributed by atoms with Crippen molar-refractivity contribution in [3.8, 4) is 5.75 Å². The van der Waals surface area contributed by atoms with E-state index in [9.17, 15) is 4.79 Å². The van der Waals surface area contributed by atoms with Gasteiger partial charge in [0.2, 0.25) is 0 Å². The molecule has 0 radical (unpaired) electrons. The van der Waals surface area contributed by atoms with Crippen molar-refractivity contribution < 1.29 is 9.53 Å². The molecule has 2 N–H and O–H groups in total. The van der Waals surface area contributed by atoms with Crippen molar-refractivity contribution in [3.05, 3.63) is 29.8 Å². The Bertz CT molecular complexity index is 409. The van der Waals surface area contributed by atoms with Crippen molar-refractivity contribution in [1.82, 2.24) is 15.5 Å². The summed E-state index contributed by atoms with van der Waals surface area (Å²) < 4.78 is 5.17. The Hall–Kier alpha value is -1.75. The van der Waals surface area contributed by atoms with E-state index in [0.29, 0.717) is 0 Å². The Labute approximate surface area is 107 Å². The predicted molar refractivity (Wildman–Crippen MR) is 69.7 cm³/mol. The molecule has 2 amide bonds. The molecule has 0 spiro atoms. The van der Waals surface area contributed by atoms with Gasteiger partial charge in [-0.3, -0.25) is 0 Å². The molecule has 0 unspecified atom stereocenters. The molecular formula is C13H19N3O2. The van der Waals surface area contributed by atoms with Gasteiger partial charge in [-0.1, -0.05) is 12.1 Å². The summed E-state index contributed by atoms with van der Waals surface area (Å²) in [6, 6.07) is 8.01. The fourth-order valence-electron chi connectivity index (χ4n) is 1.95. The predicted octanol–water partition coefficient (Wildman–Crippen LogP) is 0.810. The Morgan fingerprint density at radius 3 is 3.11 bits per heavy atom. The van der Waals surface area contributed by atoms with Crippen molar-refractivity contribution in [2.75, 3.05) is 33.3 Å². The highest BCUT2D eigenvalue weighted by Crippen LogP contribution is 2.11. The van der Waals surface area contributed by atoms with E-state index in [1.54, 1.807) is 7.11 Å². The topological polar surface area (TPSA) is 53.6 Å². The molecule has 2 rings (SSSR count). The highest BCUT2D eigenvalue weighted by Gasteiger charge is 2.17. The summed E-state index contributed by atoms with van der Waals surface area (Å²) in [5.41, 5.74) is 1.18. The molecule has 0 aromatic heterocycles. The molecular weight excluding hydrogens is 230 g/mol. The quantitative estimate of drug-likeness (QED) is 0.734. The first-order valence-corrected chi connectivity index (χ1v) is 6.16. The van der Waals surface area contributed by atoms with Crippen LogP contribution in [-0.4, -0.2) is 44.2 Å². The van der Waals surface area contributed by atoms with Gasteiger partial charge in [-0.2, -0.15) is 0 Å². The molecule has 18 heavy (non-hydrogen) atoms. The zero-order valence-electron chi connectivity index (χ0n) is 10.6. The van der Waals surface area contributed by atoms with Gasteiger partial charge in [0.1, 0.15) is 5.75 Å². The van der Waals surface area contributed by atoms with Crippen LogP contribution in [0, 0.1) is 0 Å². The summed E-state index contributed by atoms with van der Waals surface area (Å²) in [6.07, 6.45) is 0. The number of hydrogen-bond donors (Lipinski definition) is 2. The summed E-state index contributed by atoms with van der Waals surface area (Å²) in [7, 11) is 1.67. The van der Waals surface area contributed by atoms with Gasteiger partial charge in [0, 0.05) is 32.7 Å². The van der Waals surface area contributed by atoms with E-state index in [-0.39, 0.29) is 6.03 Å². The van der Waals surface area contributed by atoms with Crippen molar-refractivity contribution in [1.29, 1.82) is 0 Å². The number of hydrogen-bond acceptors (Lipinski definition) is 3. The second-order valence-corrected chi connectivity index (χ2v) is 4.25. The lowest BCUT2D eigenvalue weighted by atomic mass is 10.2. The first-order chi connectivity index (χ1) is 8.79. The molecule has 0 atom stereocenters. The average Bonchev–Trinajstić information content (AvgIpc) is 2.81. The van der Waals surface area contributed by atoms with E-state index in [4.69, 9.17) is 4.74 Å². The van der Waals surface area contributed by atoms with Gasteiger partial charge in [-0.05, 0) is 17.7 Å². The second kappa shape index (κ2) is 6.26. The van der Waals surface area contributed by atoms with Crippen LogP contribution in [-0.2, 0) is 6.54 Å². The number of ether oxygens (including phenoxy) is 1. The lowest BCUT2D eigenvalue weighted by Gasteiger charge is -2.14. The van der Waals surface area contributed by atoms with Crippen LogP contribution in [0.1, 0.15) is 5.56 Å². The van der Waals surface area contributed by atoms with Gasteiger partial charge in [-0.15, -0.1) is 0 Å². The third kappa shape index (κ3) is 3.37. The molecule has 5 heteroatoms. The number of urea groups is 1. The highest BCUT2D eigenvalue weighted by molar-refractivity contribution is 5.76. The molecule has 98 valence electrons. The van der Waals surface area contributed by atoms with Gasteiger partial charge in [0.25, 0.3) is 0 Å². The fourth-order valence-corrected chi connectivity index (χ4v) is 1.95. The normalized spacial score (nSPS) is 14.7. The average molecular weight is 249 g/mol. The van der Waals surface area contributed by atoms with Gasteiger partial charge < -0.3 is 20.3 Å². The second-order valence-electron chi connectivity index (χ2n) is 4.25. The fraction of sp³-hybridized carbons (Fsp3) is 0.462. The van der Waals surface area contributed by atoms with Gasteiger partial charge in [0.15, 0.2) is 0 Å². The van der Waals surface area contributed by atoms with E-state index < -0.39 is 0 Å². The zero-order chi connectivity index (χ0) is 12.8. The molecule has 5 nitrogen and oxygen atoms in total. The number of rotatable bonds is 6. The van der Waals surface area contributed by atoms with Crippen LogP contribution in [0.5, 0.6) is 5.75 Å². The van der Waals surface area contributed by atoms with Crippen LogP contribution in [0.2, 0.25) is 0 Å².